The smallest absolute Gasteiger partial charge is 0.209 e. The van der Waals surface area contributed by atoms with Gasteiger partial charge in [-0.3, -0.25) is 4.79 Å². The Labute approximate surface area is 98.3 Å². The number of hydrogen-bond acceptors (Lipinski definition) is 3. The minimum atomic E-state index is 0.0417. The maximum absolute atomic E-state index is 10.3. The molecule has 94 valence electrons. The highest BCUT2D eigenvalue weighted by atomic mass is 16.5. The molecule has 2 aliphatic heterocycles. The van der Waals surface area contributed by atoms with E-state index < -0.39 is 0 Å². The average Bonchev–Trinajstić information content (AvgIpc) is 2.76. The lowest BCUT2D eigenvalue weighted by atomic mass is 10.0. The average molecular weight is 228 g/mol. The molecule has 2 saturated heterocycles. The number of nitrogens with zero attached hydrogens (tertiary/aromatic N) is 1. The van der Waals surface area contributed by atoms with Crippen molar-refractivity contribution in [3.63, 3.8) is 0 Å². The summed E-state index contributed by atoms with van der Waals surface area (Å²) in [5.74, 6) is 1.48. The summed E-state index contributed by atoms with van der Waals surface area (Å²) in [6.07, 6.45) is 0.971. The van der Waals surface area contributed by atoms with Crippen LogP contribution in [0.25, 0.3) is 0 Å². The lowest BCUT2D eigenvalue weighted by molar-refractivity contribution is -0.117. The van der Waals surface area contributed by atoms with E-state index in [0.717, 1.165) is 44.4 Å². The number of amides is 1. The van der Waals surface area contributed by atoms with Crippen molar-refractivity contribution < 1.29 is 9.53 Å². The Bertz CT molecular complexity index is 214. The third kappa shape index (κ3) is 4.10. The number of fused-ring (bicyclic) bond motifs is 1. The maximum Gasteiger partial charge on any atom is 0.209 e. The van der Waals surface area contributed by atoms with Crippen molar-refractivity contribution in [1.82, 2.24) is 10.2 Å². The quantitative estimate of drug-likeness (QED) is 0.673. The molecule has 2 unspecified atom stereocenters. The van der Waals surface area contributed by atoms with Gasteiger partial charge in [-0.15, -0.1) is 0 Å². The van der Waals surface area contributed by atoms with Gasteiger partial charge in [-0.05, 0) is 32.6 Å². The van der Waals surface area contributed by atoms with Gasteiger partial charge in [0.1, 0.15) is 0 Å². The number of nitrogens with one attached hydrogen (secondary N) is 1. The van der Waals surface area contributed by atoms with Crippen LogP contribution in [0.2, 0.25) is 0 Å². The minimum Gasteiger partial charge on any atom is -0.379 e. The molecule has 2 rings (SSSR count). The lowest BCUT2D eigenvalue weighted by Gasteiger charge is -2.14. The van der Waals surface area contributed by atoms with Crippen molar-refractivity contribution >= 4 is 6.41 Å². The summed E-state index contributed by atoms with van der Waals surface area (Å²) in [6.45, 7) is 10.2. The van der Waals surface area contributed by atoms with Gasteiger partial charge in [0.15, 0.2) is 0 Å². The molecule has 0 aliphatic carbocycles. The van der Waals surface area contributed by atoms with Crippen LogP contribution in [-0.4, -0.2) is 50.2 Å². The van der Waals surface area contributed by atoms with E-state index >= 15 is 0 Å². The largest absolute Gasteiger partial charge is 0.379 e. The molecule has 2 aliphatic rings. The fourth-order valence-corrected chi connectivity index (χ4v) is 1.98. The Kier molecular flexibility index (Phi) is 4.74. The molecule has 2 heterocycles. The molecule has 0 aromatic heterocycles. The van der Waals surface area contributed by atoms with Crippen molar-refractivity contribution in [3.05, 3.63) is 0 Å². The molecule has 4 heteroatoms. The van der Waals surface area contributed by atoms with Gasteiger partial charge < -0.3 is 15.0 Å². The zero-order chi connectivity index (χ0) is 12.2. The summed E-state index contributed by atoms with van der Waals surface area (Å²) in [7, 11) is 1.71. The van der Waals surface area contributed by atoms with Crippen molar-refractivity contribution in [2.24, 2.45) is 11.8 Å². The molecule has 16 heavy (non-hydrogen) atoms. The van der Waals surface area contributed by atoms with Gasteiger partial charge in [0.05, 0.1) is 5.60 Å². The van der Waals surface area contributed by atoms with E-state index in [1.165, 1.54) is 0 Å². The van der Waals surface area contributed by atoms with Crippen LogP contribution in [0.5, 0.6) is 0 Å². The van der Waals surface area contributed by atoms with Crippen molar-refractivity contribution in [2.75, 3.05) is 33.3 Å². The molecule has 1 N–H and O–H groups in total. The van der Waals surface area contributed by atoms with E-state index in [0.29, 0.717) is 0 Å². The number of carbonyl (C=O) groups excluding carboxylic acids is 1. The molecule has 1 amide bonds. The van der Waals surface area contributed by atoms with Crippen LogP contribution < -0.4 is 5.32 Å². The second-order valence-corrected chi connectivity index (χ2v) is 5.55. The summed E-state index contributed by atoms with van der Waals surface area (Å²) in [4.78, 5) is 12.2. The number of likely N-dealkylation sites (tertiary alicyclic amines) is 1. The zero-order valence-electron chi connectivity index (χ0n) is 10.8. The van der Waals surface area contributed by atoms with Crippen LogP contribution in [-0.2, 0) is 9.53 Å². The molecule has 0 spiro atoms. The first-order valence-electron chi connectivity index (χ1n) is 5.91. The Morgan fingerprint density at radius 2 is 1.69 bits per heavy atom. The molecule has 4 nitrogen and oxygen atoms in total. The SMILES string of the molecule is COC(C)(C)C.O=CN1CC2CNCC2C1. The fraction of sp³-hybridized carbons (Fsp3) is 0.917. The molecule has 0 bridgehead atoms. The summed E-state index contributed by atoms with van der Waals surface area (Å²) in [5.41, 5.74) is 0.0417. The number of hydrogen-bond donors (Lipinski definition) is 1. The van der Waals surface area contributed by atoms with Crippen molar-refractivity contribution in [2.45, 2.75) is 26.4 Å². The summed E-state index contributed by atoms with van der Waals surface area (Å²) < 4.78 is 4.94. The first-order valence-corrected chi connectivity index (χ1v) is 5.91. The van der Waals surface area contributed by atoms with Gasteiger partial charge in [-0.2, -0.15) is 0 Å². The zero-order valence-corrected chi connectivity index (χ0v) is 10.8. The van der Waals surface area contributed by atoms with Gasteiger partial charge in [0.25, 0.3) is 0 Å². The molecule has 0 aromatic rings. The van der Waals surface area contributed by atoms with Crippen LogP contribution in [0.15, 0.2) is 0 Å². The van der Waals surface area contributed by atoms with E-state index in [9.17, 15) is 4.79 Å². The Morgan fingerprint density at radius 3 is 2.00 bits per heavy atom. The van der Waals surface area contributed by atoms with Gasteiger partial charge in [-0.25, -0.2) is 0 Å². The van der Waals surface area contributed by atoms with Crippen LogP contribution >= 0.6 is 0 Å². The van der Waals surface area contributed by atoms with E-state index in [4.69, 9.17) is 4.74 Å². The molecule has 2 fully saturated rings. The van der Waals surface area contributed by atoms with Gasteiger partial charge in [0.2, 0.25) is 6.41 Å². The highest BCUT2D eigenvalue weighted by molar-refractivity contribution is 5.47. The van der Waals surface area contributed by atoms with Gasteiger partial charge in [-0.1, -0.05) is 0 Å². The monoisotopic (exact) mass is 228 g/mol. The molecular formula is C12H24N2O2. The van der Waals surface area contributed by atoms with E-state index in [-0.39, 0.29) is 5.60 Å². The first kappa shape index (κ1) is 13.5. The van der Waals surface area contributed by atoms with Gasteiger partial charge in [0, 0.05) is 33.3 Å². The molecule has 2 atom stereocenters. The topological polar surface area (TPSA) is 41.6 Å². The summed E-state index contributed by atoms with van der Waals surface area (Å²) in [6, 6.07) is 0. The normalized spacial score (nSPS) is 28.4. The number of ether oxygens (including phenoxy) is 1. The summed E-state index contributed by atoms with van der Waals surface area (Å²) in [5, 5.41) is 3.33. The fourth-order valence-electron chi connectivity index (χ4n) is 1.98. The van der Waals surface area contributed by atoms with Gasteiger partial charge >= 0.3 is 0 Å². The minimum absolute atomic E-state index is 0.0417. The van der Waals surface area contributed by atoms with Crippen molar-refractivity contribution in [1.29, 1.82) is 0 Å². The maximum atomic E-state index is 10.3. The highest BCUT2D eigenvalue weighted by Crippen LogP contribution is 2.24. The first-order chi connectivity index (χ1) is 7.46. The Morgan fingerprint density at radius 1 is 1.25 bits per heavy atom. The van der Waals surface area contributed by atoms with E-state index in [1.807, 2.05) is 25.7 Å². The Hall–Kier alpha value is -0.610. The standard InChI is InChI=1S/C7H12N2O.C5H12O/c10-5-9-3-6-1-8-2-7(6)4-9;1-5(2,3)6-4/h5-8H,1-4H2;1-4H3. The predicted octanol–water partition coefficient (Wildman–Crippen LogP) is 0.725. The van der Waals surface area contributed by atoms with E-state index in [1.54, 1.807) is 7.11 Å². The van der Waals surface area contributed by atoms with Crippen LogP contribution in [0, 0.1) is 11.8 Å². The Balaban J connectivity index is 0.000000187. The van der Waals surface area contributed by atoms with Crippen LogP contribution in [0.3, 0.4) is 0 Å². The second kappa shape index (κ2) is 5.64. The predicted molar refractivity (Wildman–Crippen MR) is 64.2 cm³/mol. The van der Waals surface area contributed by atoms with Crippen molar-refractivity contribution in [3.8, 4) is 0 Å². The highest BCUT2D eigenvalue weighted by Gasteiger charge is 2.35. The summed E-state index contributed by atoms with van der Waals surface area (Å²) >= 11 is 0. The number of methoxy groups -OCH3 is 1. The molecule has 0 saturated carbocycles. The molecule has 0 radical (unpaired) electrons. The lowest BCUT2D eigenvalue weighted by Crippen LogP contribution is -2.24. The number of carbonyl (C=O) groups is 1. The van der Waals surface area contributed by atoms with Crippen LogP contribution in [0.1, 0.15) is 20.8 Å². The molecular weight excluding hydrogens is 204 g/mol. The molecule has 0 aromatic carbocycles. The van der Waals surface area contributed by atoms with Crippen LogP contribution in [0.4, 0.5) is 0 Å². The third-order valence-electron chi connectivity index (χ3n) is 3.18. The third-order valence-corrected chi connectivity index (χ3v) is 3.18. The number of rotatable bonds is 1. The second-order valence-electron chi connectivity index (χ2n) is 5.55. The van der Waals surface area contributed by atoms with E-state index in [2.05, 4.69) is 5.32 Å².